The Morgan fingerprint density at radius 1 is 1.30 bits per heavy atom. The summed E-state index contributed by atoms with van der Waals surface area (Å²) in [4.78, 5) is 6.46. The van der Waals surface area contributed by atoms with Crippen LogP contribution in [0.3, 0.4) is 0 Å². The summed E-state index contributed by atoms with van der Waals surface area (Å²) in [6.07, 6.45) is 2.56. The zero-order valence-corrected chi connectivity index (χ0v) is 16.9. The van der Waals surface area contributed by atoms with Gasteiger partial charge in [0.15, 0.2) is 5.96 Å². The van der Waals surface area contributed by atoms with Crippen molar-refractivity contribution in [2.75, 3.05) is 60.7 Å². The van der Waals surface area contributed by atoms with E-state index in [2.05, 4.69) is 39.7 Å². The lowest BCUT2D eigenvalue weighted by Gasteiger charge is -2.17. The van der Waals surface area contributed by atoms with Gasteiger partial charge in [0.2, 0.25) is 0 Å². The fraction of sp³-hybridized carbons (Fsp3) is 0.650. The Hall–Kier alpha value is -1.83. The summed E-state index contributed by atoms with van der Waals surface area (Å²) in [5.41, 5.74) is 1.15. The molecule has 1 aromatic rings. The molecule has 1 unspecified atom stereocenters. The monoisotopic (exact) mass is 378 g/mol. The third kappa shape index (κ3) is 8.60. The van der Waals surface area contributed by atoms with Crippen LogP contribution in [0.4, 0.5) is 0 Å². The number of hydrogen-bond donors (Lipinski definition) is 2. The lowest BCUT2D eigenvalue weighted by molar-refractivity contribution is 0.114. The normalized spacial score (nSPS) is 17.3. The molecular formula is C20H34N4O3. The summed E-state index contributed by atoms with van der Waals surface area (Å²) in [6.45, 7) is 5.51. The summed E-state index contributed by atoms with van der Waals surface area (Å²) in [5, 5.41) is 6.67. The van der Waals surface area contributed by atoms with Crippen LogP contribution in [0, 0.1) is 0 Å². The van der Waals surface area contributed by atoms with Crippen LogP contribution >= 0.6 is 0 Å². The molecular weight excluding hydrogens is 344 g/mol. The molecule has 0 aromatic heterocycles. The van der Waals surface area contributed by atoms with E-state index in [1.165, 1.54) is 0 Å². The standard InChI is InChI=1S/C20H34N4O3/c1-21-20(23-16-19-8-5-11-26-19)22-15-17-6-4-7-18(14-17)27-13-10-24(2)9-12-25-3/h4,6-7,14,19H,5,8-13,15-16H2,1-3H3,(H2,21,22,23). The van der Waals surface area contributed by atoms with Crippen molar-refractivity contribution in [3.8, 4) is 5.75 Å². The van der Waals surface area contributed by atoms with Crippen LogP contribution in [0.1, 0.15) is 18.4 Å². The van der Waals surface area contributed by atoms with Gasteiger partial charge in [0.05, 0.1) is 12.7 Å². The molecule has 7 heteroatoms. The highest BCUT2D eigenvalue weighted by atomic mass is 16.5. The Balaban J connectivity index is 1.70. The highest BCUT2D eigenvalue weighted by Gasteiger charge is 2.15. The lowest BCUT2D eigenvalue weighted by Crippen LogP contribution is -2.40. The summed E-state index contributed by atoms with van der Waals surface area (Å²) in [6, 6.07) is 8.15. The molecule has 152 valence electrons. The van der Waals surface area contributed by atoms with Gasteiger partial charge in [-0.05, 0) is 37.6 Å². The van der Waals surface area contributed by atoms with Gasteiger partial charge in [-0.3, -0.25) is 4.99 Å². The maximum atomic E-state index is 5.87. The number of benzene rings is 1. The summed E-state index contributed by atoms with van der Waals surface area (Å²) in [5.74, 6) is 1.67. The van der Waals surface area contributed by atoms with Crippen molar-refractivity contribution in [3.05, 3.63) is 29.8 Å². The van der Waals surface area contributed by atoms with E-state index in [0.29, 0.717) is 19.3 Å². The maximum Gasteiger partial charge on any atom is 0.191 e. The molecule has 0 aliphatic carbocycles. The molecule has 27 heavy (non-hydrogen) atoms. The second kappa shape index (κ2) is 12.5. The van der Waals surface area contributed by atoms with Gasteiger partial charge >= 0.3 is 0 Å². The number of methoxy groups -OCH3 is 1. The first-order valence-corrected chi connectivity index (χ1v) is 9.66. The van der Waals surface area contributed by atoms with Crippen LogP contribution < -0.4 is 15.4 Å². The second-order valence-electron chi connectivity index (χ2n) is 6.73. The minimum Gasteiger partial charge on any atom is -0.492 e. The summed E-state index contributed by atoms with van der Waals surface area (Å²) >= 11 is 0. The van der Waals surface area contributed by atoms with Crippen molar-refractivity contribution in [2.24, 2.45) is 4.99 Å². The van der Waals surface area contributed by atoms with Crippen LogP contribution in [0.15, 0.2) is 29.3 Å². The van der Waals surface area contributed by atoms with E-state index in [0.717, 1.165) is 63.0 Å². The quantitative estimate of drug-likeness (QED) is 0.449. The molecule has 0 bridgehead atoms. The molecule has 7 nitrogen and oxygen atoms in total. The SMILES string of the molecule is CN=C(NCc1cccc(OCCN(C)CCOC)c1)NCC1CCCO1. The number of nitrogens with zero attached hydrogens (tertiary/aromatic N) is 2. The van der Waals surface area contributed by atoms with Gasteiger partial charge in [-0.1, -0.05) is 12.1 Å². The highest BCUT2D eigenvalue weighted by Crippen LogP contribution is 2.13. The molecule has 1 saturated heterocycles. The number of guanidine groups is 1. The molecule has 2 rings (SSSR count). The third-order valence-electron chi connectivity index (χ3n) is 4.52. The second-order valence-corrected chi connectivity index (χ2v) is 6.73. The average Bonchev–Trinajstić information content (AvgIpc) is 3.20. The number of hydrogen-bond acceptors (Lipinski definition) is 5. The minimum atomic E-state index is 0.294. The van der Waals surface area contributed by atoms with Gasteiger partial charge in [0.1, 0.15) is 12.4 Å². The Morgan fingerprint density at radius 2 is 2.15 bits per heavy atom. The fourth-order valence-corrected chi connectivity index (χ4v) is 2.85. The van der Waals surface area contributed by atoms with E-state index in [-0.39, 0.29) is 0 Å². The average molecular weight is 379 g/mol. The molecule has 0 spiro atoms. The van der Waals surface area contributed by atoms with E-state index in [1.54, 1.807) is 14.2 Å². The van der Waals surface area contributed by atoms with Crippen LogP contribution in [-0.2, 0) is 16.0 Å². The molecule has 0 amide bonds. The van der Waals surface area contributed by atoms with Crippen molar-refractivity contribution in [1.29, 1.82) is 0 Å². The molecule has 1 atom stereocenters. The molecule has 1 fully saturated rings. The number of nitrogens with one attached hydrogen (secondary N) is 2. The van der Waals surface area contributed by atoms with E-state index < -0.39 is 0 Å². The Kier molecular flexibility index (Phi) is 9.97. The largest absolute Gasteiger partial charge is 0.492 e. The van der Waals surface area contributed by atoms with Crippen LogP contribution in [0.25, 0.3) is 0 Å². The third-order valence-corrected chi connectivity index (χ3v) is 4.52. The Morgan fingerprint density at radius 3 is 2.89 bits per heavy atom. The van der Waals surface area contributed by atoms with Crippen molar-refractivity contribution in [3.63, 3.8) is 0 Å². The fourth-order valence-electron chi connectivity index (χ4n) is 2.85. The summed E-state index contributed by atoms with van der Waals surface area (Å²) < 4.78 is 16.6. The molecule has 1 heterocycles. The Labute approximate surface area is 163 Å². The van der Waals surface area contributed by atoms with Gasteiger partial charge in [0.25, 0.3) is 0 Å². The predicted molar refractivity (Wildman–Crippen MR) is 108 cm³/mol. The molecule has 1 aliphatic heterocycles. The van der Waals surface area contributed by atoms with Gasteiger partial charge in [0, 0.05) is 46.9 Å². The van der Waals surface area contributed by atoms with Gasteiger partial charge < -0.3 is 29.7 Å². The number of rotatable bonds is 11. The van der Waals surface area contributed by atoms with Gasteiger partial charge in [-0.25, -0.2) is 0 Å². The zero-order valence-electron chi connectivity index (χ0n) is 16.9. The van der Waals surface area contributed by atoms with Gasteiger partial charge in [-0.15, -0.1) is 0 Å². The van der Waals surface area contributed by atoms with Crippen molar-refractivity contribution < 1.29 is 14.2 Å². The molecule has 2 N–H and O–H groups in total. The topological polar surface area (TPSA) is 67.4 Å². The summed E-state index contributed by atoms with van der Waals surface area (Å²) in [7, 11) is 5.57. The van der Waals surface area contributed by atoms with E-state index >= 15 is 0 Å². The lowest BCUT2D eigenvalue weighted by atomic mass is 10.2. The van der Waals surface area contributed by atoms with E-state index in [4.69, 9.17) is 14.2 Å². The molecule has 1 aliphatic rings. The number of ether oxygens (including phenoxy) is 3. The van der Waals surface area contributed by atoms with E-state index in [1.807, 2.05) is 12.1 Å². The minimum absolute atomic E-state index is 0.294. The smallest absolute Gasteiger partial charge is 0.191 e. The van der Waals surface area contributed by atoms with Crippen LogP contribution in [-0.4, -0.2) is 77.6 Å². The first-order chi connectivity index (χ1) is 13.2. The first kappa shape index (κ1) is 21.5. The number of aliphatic imine (C=N–C) groups is 1. The van der Waals surface area contributed by atoms with Crippen LogP contribution in [0.2, 0.25) is 0 Å². The Bertz CT molecular complexity index is 562. The highest BCUT2D eigenvalue weighted by molar-refractivity contribution is 5.79. The van der Waals surface area contributed by atoms with Gasteiger partial charge in [-0.2, -0.15) is 0 Å². The maximum absolute atomic E-state index is 5.87. The first-order valence-electron chi connectivity index (χ1n) is 9.66. The molecule has 0 radical (unpaired) electrons. The molecule has 0 saturated carbocycles. The van der Waals surface area contributed by atoms with Crippen molar-refractivity contribution in [2.45, 2.75) is 25.5 Å². The van der Waals surface area contributed by atoms with Crippen molar-refractivity contribution >= 4 is 5.96 Å². The number of likely N-dealkylation sites (N-methyl/N-ethyl adjacent to an activating group) is 1. The van der Waals surface area contributed by atoms with E-state index in [9.17, 15) is 0 Å². The van der Waals surface area contributed by atoms with Crippen LogP contribution in [0.5, 0.6) is 5.75 Å². The van der Waals surface area contributed by atoms with Crippen molar-refractivity contribution in [1.82, 2.24) is 15.5 Å². The zero-order chi connectivity index (χ0) is 19.3. The predicted octanol–water partition coefficient (Wildman–Crippen LogP) is 1.49. The molecule has 1 aromatic carbocycles.